The zero-order valence-electron chi connectivity index (χ0n) is 9.96. The number of nitrogens with zero attached hydrogens (tertiary/aromatic N) is 3. The van der Waals surface area contributed by atoms with Gasteiger partial charge in [-0.1, -0.05) is 30.3 Å². The summed E-state index contributed by atoms with van der Waals surface area (Å²) in [5.74, 6) is 0.997. The Balaban J connectivity index is 1.95. The van der Waals surface area contributed by atoms with E-state index in [1.807, 2.05) is 6.20 Å². The monoisotopic (exact) mass is 303 g/mol. The number of rotatable bonds is 2. The molecule has 18 heavy (non-hydrogen) atoms. The molecular formula is C14H14BrN3. The summed E-state index contributed by atoms with van der Waals surface area (Å²) in [6, 6.07) is 11.1. The molecule has 1 unspecified atom stereocenters. The van der Waals surface area contributed by atoms with E-state index in [1.54, 1.807) is 6.33 Å². The van der Waals surface area contributed by atoms with Gasteiger partial charge in [0.2, 0.25) is 0 Å². The minimum atomic E-state index is 0.428. The number of benzene rings is 1. The first-order valence-corrected chi connectivity index (χ1v) is 6.92. The van der Waals surface area contributed by atoms with Gasteiger partial charge in [0.05, 0.1) is 10.5 Å². The van der Waals surface area contributed by atoms with Gasteiger partial charge in [-0.2, -0.15) is 0 Å². The second-order valence-electron chi connectivity index (χ2n) is 4.46. The quantitative estimate of drug-likeness (QED) is 0.849. The Morgan fingerprint density at radius 3 is 2.83 bits per heavy atom. The maximum Gasteiger partial charge on any atom is 0.146 e. The molecule has 1 aromatic carbocycles. The Labute approximate surface area is 115 Å². The van der Waals surface area contributed by atoms with Crippen LogP contribution in [0, 0.1) is 0 Å². The highest BCUT2D eigenvalue weighted by Crippen LogP contribution is 2.37. The lowest BCUT2D eigenvalue weighted by atomic mass is 10.0. The van der Waals surface area contributed by atoms with Crippen LogP contribution >= 0.6 is 15.9 Å². The van der Waals surface area contributed by atoms with Crippen LogP contribution in [0.2, 0.25) is 0 Å². The van der Waals surface area contributed by atoms with Gasteiger partial charge < -0.3 is 4.90 Å². The van der Waals surface area contributed by atoms with Crippen LogP contribution in [-0.2, 0) is 0 Å². The molecule has 1 atom stereocenters. The van der Waals surface area contributed by atoms with Crippen molar-refractivity contribution in [1.29, 1.82) is 0 Å². The lowest BCUT2D eigenvalue weighted by molar-refractivity contribution is 0.709. The highest BCUT2D eigenvalue weighted by atomic mass is 79.9. The Hall–Kier alpha value is -1.42. The average molecular weight is 304 g/mol. The molecule has 0 N–H and O–H groups in total. The maximum absolute atomic E-state index is 4.40. The lowest BCUT2D eigenvalue weighted by Gasteiger charge is -2.26. The third-order valence-electron chi connectivity index (χ3n) is 3.36. The predicted octanol–water partition coefficient (Wildman–Crippen LogP) is 3.58. The highest BCUT2D eigenvalue weighted by Gasteiger charge is 2.28. The molecule has 1 aliphatic rings. The van der Waals surface area contributed by atoms with Gasteiger partial charge in [0.1, 0.15) is 12.1 Å². The van der Waals surface area contributed by atoms with E-state index in [9.17, 15) is 0 Å². The van der Waals surface area contributed by atoms with Gasteiger partial charge >= 0.3 is 0 Å². The molecule has 1 saturated heterocycles. The Bertz CT molecular complexity index is 530. The lowest BCUT2D eigenvalue weighted by Crippen LogP contribution is -2.23. The summed E-state index contributed by atoms with van der Waals surface area (Å²) >= 11 is 3.54. The van der Waals surface area contributed by atoms with Crippen LogP contribution in [0.15, 0.2) is 47.3 Å². The fraction of sp³-hybridized carbons (Fsp3) is 0.286. The van der Waals surface area contributed by atoms with E-state index in [1.165, 1.54) is 18.4 Å². The summed E-state index contributed by atoms with van der Waals surface area (Å²) in [4.78, 5) is 10.8. The topological polar surface area (TPSA) is 29.0 Å². The van der Waals surface area contributed by atoms with Gasteiger partial charge in [-0.3, -0.25) is 0 Å². The number of hydrogen-bond acceptors (Lipinski definition) is 3. The van der Waals surface area contributed by atoms with Crippen LogP contribution in [0.4, 0.5) is 5.82 Å². The molecular weight excluding hydrogens is 290 g/mol. The zero-order chi connectivity index (χ0) is 12.4. The van der Waals surface area contributed by atoms with Crippen molar-refractivity contribution in [2.75, 3.05) is 11.4 Å². The summed E-state index contributed by atoms with van der Waals surface area (Å²) in [7, 11) is 0. The second kappa shape index (κ2) is 5.06. The molecule has 1 fully saturated rings. The number of hydrogen-bond donors (Lipinski definition) is 0. The van der Waals surface area contributed by atoms with Crippen LogP contribution in [0.5, 0.6) is 0 Å². The van der Waals surface area contributed by atoms with Crippen molar-refractivity contribution in [1.82, 2.24) is 9.97 Å². The number of anilines is 1. The van der Waals surface area contributed by atoms with Crippen LogP contribution < -0.4 is 4.90 Å². The third kappa shape index (κ3) is 2.12. The summed E-state index contributed by atoms with van der Waals surface area (Å²) in [6.45, 7) is 1.05. The molecule has 0 bridgehead atoms. The van der Waals surface area contributed by atoms with Gasteiger partial charge in [0.25, 0.3) is 0 Å². The van der Waals surface area contributed by atoms with Crippen molar-refractivity contribution in [2.24, 2.45) is 0 Å². The van der Waals surface area contributed by atoms with E-state index in [0.717, 1.165) is 16.8 Å². The molecule has 0 aliphatic carbocycles. The van der Waals surface area contributed by atoms with Crippen molar-refractivity contribution >= 4 is 21.7 Å². The van der Waals surface area contributed by atoms with Crippen molar-refractivity contribution in [3.8, 4) is 0 Å². The summed E-state index contributed by atoms with van der Waals surface area (Å²) < 4.78 is 0.966. The zero-order valence-corrected chi connectivity index (χ0v) is 11.5. The molecule has 2 aromatic rings. The fourth-order valence-electron chi connectivity index (χ4n) is 2.56. The molecule has 1 aromatic heterocycles. The van der Waals surface area contributed by atoms with Crippen molar-refractivity contribution in [3.63, 3.8) is 0 Å². The number of aromatic nitrogens is 2. The van der Waals surface area contributed by atoms with E-state index in [-0.39, 0.29) is 0 Å². The Morgan fingerprint density at radius 2 is 2.06 bits per heavy atom. The van der Waals surface area contributed by atoms with Gasteiger partial charge in [0, 0.05) is 12.7 Å². The molecule has 1 aliphatic heterocycles. The first-order valence-electron chi connectivity index (χ1n) is 6.13. The Kier molecular flexibility index (Phi) is 3.28. The van der Waals surface area contributed by atoms with E-state index in [2.05, 4.69) is 61.1 Å². The molecule has 0 amide bonds. The first kappa shape index (κ1) is 11.7. The van der Waals surface area contributed by atoms with E-state index < -0.39 is 0 Å². The van der Waals surface area contributed by atoms with Crippen LogP contribution in [0.1, 0.15) is 24.4 Å². The van der Waals surface area contributed by atoms with Crippen molar-refractivity contribution in [2.45, 2.75) is 18.9 Å². The standard InChI is InChI=1S/C14H14BrN3/c15-12-9-16-10-17-14(12)18-8-4-7-13(18)11-5-2-1-3-6-11/h1-3,5-6,9-10,13H,4,7-8H2. The largest absolute Gasteiger partial charge is 0.349 e. The predicted molar refractivity (Wildman–Crippen MR) is 75.5 cm³/mol. The molecule has 3 nitrogen and oxygen atoms in total. The molecule has 0 saturated carbocycles. The molecule has 92 valence electrons. The molecule has 2 heterocycles. The first-order chi connectivity index (χ1) is 8.86. The second-order valence-corrected chi connectivity index (χ2v) is 5.31. The molecule has 3 rings (SSSR count). The van der Waals surface area contributed by atoms with Gasteiger partial charge in [-0.25, -0.2) is 9.97 Å². The van der Waals surface area contributed by atoms with E-state index >= 15 is 0 Å². The summed E-state index contributed by atoms with van der Waals surface area (Å²) in [6.07, 6.45) is 5.81. The number of halogens is 1. The molecule has 0 spiro atoms. The summed E-state index contributed by atoms with van der Waals surface area (Å²) in [5, 5.41) is 0. The van der Waals surface area contributed by atoms with Crippen molar-refractivity contribution < 1.29 is 0 Å². The van der Waals surface area contributed by atoms with Crippen LogP contribution in [0.3, 0.4) is 0 Å². The van der Waals surface area contributed by atoms with Gasteiger partial charge in [0.15, 0.2) is 0 Å². The highest BCUT2D eigenvalue weighted by molar-refractivity contribution is 9.10. The van der Waals surface area contributed by atoms with Crippen LogP contribution in [0.25, 0.3) is 0 Å². The normalized spacial score (nSPS) is 19.2. The summed E-state index contributed by atoms with van der Waals surface area (Å²) in [5.41, 5.74) is 1.36. The average Bonchev–Trinajstić information content (AvgIpc) is 2.89. The third-order valence-corrected chi connectivity index (χ3v) is 3.92. The van der Waals surface area contributed by atoms with Crippen LogP contribution in [-0.4, -0.2) is 16.5 Å². The maximum atomic E-state index is 4.40. The minimum absolute atomic E-state index is 0.428. The van der Waals surface area contributed by atoms with Crippen molar-refractivity contribution in [3.05, 3.63) is 52.9 Å². The minimum Gasteiger partial charge on any atom is -0.349 e. The molecule has 0 radical (unpaired) electrons. The van der Waals surface area contributed by atoms with E-state index in [0.29, 0.717) is 6.04 Å². The smallest absolute Gasteiger partial charge is 0.146 e. The van der Waals surface area contributed by atoms with Gasteiger partial charge in [-0.05, 0) is 34.3 Å². The SMILES string of the molecule is Brc1cncnc1N1CCCC1c1ccccc1. The Morgan fingerprint density at radius 1 is 1.22 bits per heavy atom. The van der Waals surface area contributed by atoms with Gasteiger partial charge in [-0.15, -0.1) is 0 Å². The fourth-order valence-corrected chi connectivity index (χ4v) is 3.01. The van der Waals surface area contributed by atoms with E-state index in [4.69, 9.17) is 0 Å². The molecule has 4 heteroatoms.